The Morgan fingerprint density at radius 3 is 2.42 bits per heavy atom. The molecule has 0 aliphatic rings. The number of benzene rings is 1. The van der Waals surface area contributed by atoms with Crippen molar-refractivity contribution in [1.82, 2.24) is 0 Å². The zero-order chi connectivity index (χ0) is 14.6. The molecule has 0 aromatic heterocycles. The monoisotopic (exact) mass is 289 g/mol. The van der Waals surface area contributed by atoms with Crippen LogP contribution in [0.3, 0.4) is 0 Å². The molecule has 1 aromatic rings. The fraction of sp³-hybridized carbons (Fsp3) is 0.364. The third-order valence-corrected chi connectivity index (χ3v) is 4.11. The predicted octanol–water partition coefficient (Wildman–Crippen LogP) is 0.919. The number of carboxylic acid groups (broad SMARTS) is 1. The third-order valence-electron chi connectivity index (χ3n) is 2.47. The first-order valence-corrected chi connectivity index (χ1v) is 6.83. The lowest BCUT2D eigenvalue weighted by Crippen LogP contribution is -2.32. The van der Waals surface area contributed by atoms with Gasteiger partial charge in [-0.25, -0.2) is 8.42 Å². The van der Waals surface area contributed by atoms with Crippen LogP contribution in [0.25, 0.3) is 0 Å². The van der Waals surface area contributed by atoms with Crippen LogP contribution in [0.1, 0.15) is 6.92 Å². The van der Waals surface area contributed by atoms with Crippen LogP contribution in [0.5, 0.6) is 11.5 Å². The van der Waals surface area contributed by atoms with Gasteiger partial charge in [0, 0.05) is 6.07 Å². The Bertz CT molecular complexity index is 569. The van der Waals surface area contributed by atoms with Crippen molar-refractivity contribution >= 4 is 21.7 Å². The Hall–Kier alpha value is -1.96. The van der Waals surface area contributed by atoms with Gasteiger partial charge in [-0.05, 0) is 19.1 Å². The molecule has 0 radical (unpaired) electrons. The van der Waals surface area contributed by atoms with E-state index in [1.165, 1.54) is 32.4 Å². The van der Waals surface area contributed by atoms with Crippen molar-refractivity contribution in [2.45, 2.75) is 12.2 Å². The average Bonchev–Trinajstić information content (AvgIpc) is 2.37. The highest BCUT2D eigenvalue weighted by Crippen LogP contribution is 2.30. The molecular weight excluding hydrogens is 274 g/mol. The Kier molecular flexibility index (Phi) is 4.60. The van der Waals surface area contributed by atoms with Gasteiger partial charge in [-0.2, -0.15) is 0 Å². The molecule has 0 amide bonds. The largest absolute Gasteiger partial charge is 0.497 e. The first-order chi connectivity index (χ1) is 8.81. The zero-order valence-electron chi connectivity index (χ0n) is 10.7. The lowest BCUT2D eigenvalue weighted by atomic mass is 10.3. The Morgan fingerprint density at radius 1 is 1.32 bits per heavy atom. The normalized spacial score (nSPS) is 12.6. The van der Waals surface area contributed by atoms with Crippen molar-refractivity contribution in [3.63, 3.8) is 0 Å². The summed E-state index contributed by atoms with van der Waals surface area (Å²) in [5, 5.41) is 7.16. The summed E-state index contributed by atoms with van der Waals surface area (Å²) in [7, 11) is -1.20. The molecule has 106 valence electrons. The van der Waals surface area contributed by atoms with Crippen LogP contribution >= 0.6 is 0 Å². The van der Waals surface area contributed by atoms with E-state index in [1.807, 2.05) is 0 Å². The number of carbonyl (C=O) groups is 1. The molecular formula is C11H15NO6S. The summed E-state index contributed by atoms with van der Waals surface area (Å²) in [6.45, 7) is 1.08. The molecule has 0 bridgehead atoms. The van der Waals surface area contributed by atoms with E-state index < -0.39 is 21.2 Å². The van der Waals surface area contributed by atoms with Gasteiger partial charge in [0.05, 0.1) is 19.9 Å². The lowest BCUT2D eigenvalue weighted by molar-refractivity contribution is -0.136. The average molecular weight is 289 g/mol. The van der Waals surface area contributed by atoms with Crippen LogP contribution in [0.4, 0.5) is 5.69 Å². The molecule has 2 N–H and O–H groups in total. The Balaban J connectivity index is 3.09. The number of anilines is 1. The van der Waals surface area contributed by atoms with Crippen molar-refractivity contribution in [2.75, 3.05) is 18.9 Å². The SMILES string of the molecule is COc1ccc(NS(=O)(=O)C(C)C(=O)O)c(OC)c1. The van der Waals surface area contributed by atoms with Gasteiger partial charge in [0.2, 0.25) is 10.0 Å². The summed E-state index contributed by atoms with van der Waals surface area (Å²) in [5.41, 5.74) is 0.149. The molecule has 0 fully saturated rings. The quantitative estimate of drug-likeness (QED) is 0.807. The molecule has 7 nitrogen and oxygen atoms in total. The zero-order valence-corrected chi connectivity index (χ0v) is 11.5. The summed E-state index contributed by atoms with van der Waals surface area (Å²) in [5.74, 6) is -0.702. The first-order valence-electron chi connectivity index (χ1n) is 5.28. The summed E-state index contributed by atoms with van der Waals surface area (Å²) in [6.07, 6.45) is 0. The summed E-state index contributed by atoms with van der Waals surface area (Å²) in [4.78, 5) is 10.7. The van der Waals surface area contributed by atoms with E-state index >= 15 is 0 Å². The number of methoxy groups -OCH3 is 2. The van der Waals surface area contributed by atoms with Crippen molar-refractivity contribution < 1.29 is 27.8 Å². The fourth-order valence-corrected chi connectivity index (χ4v) is 2.17. The molecule has 1 rings (SSSR count). The molecule has 19 heavy (non-hydrogen) atoms. The van der Waals surface area contributed by atoms with E-state index in [1.54, 1.807) is 0 Å². The first kappa shape index (κ1) is 15.1. The second kappa shape index (κ2) is 5.79. The lowest BCUT2D eigenvalue weighted by Gasteiger charge is -2.14. The third kappa shape index (κ3) is 3.50. The van der Waals surface area contributed by atoms with E-state index in [9.17, 15) is 13.2 Å². The van der Waals surface area contributed by atoms with Gasteiger partial charge in [0.15, 0.2) is 5.25 Å². The topological polar surface area (TPSA) is 102 Å². The van der Waals surface area contributed by atoms with Crippen molar-refractivity contribution in [3.05, 3.63) is 18.2 Å². The highest BCUT2D eigenvalue weighted by molar-refractivity contribution is 7.94. The van der Waals surface area contributed by atoms with E-state index in [-0.39, 0.29) is 11.4 Å². The van der Waals surface area contributed by atoms with Crippen LogP contribution in [0.2, 0.25) is 0 Å². The summed E-state index contributed by atoms with van der Waals surface area (Å²) < 4.78 is 35.7. The molecule has 1 atom stereocenters. The standard InChI is InChI=1S/C11H15NO6S/c1-7(11(13)14)19(15,16)12-9-5-4-8(17-2)6-10(9)18-3/h4-7,12H,1-3H3,(H,13,14). The van der Waals surface area contributed by atoms with Gasteiger partial charge in [-0.3, -0.25) is 9.52 Å². The van der Waals surface area contributed by atoms with E-state index in [0.29, 0.717) is 5.75 Å². The molecule has 0 aliphatic heterocycles. The van der Waals surface area contributed by atoms with Crippen LogP contribution in [0.15, 0.2) is 18.2 Å². The minimum Gasteiger partial charge on any atom is -0.497 e. The van der Waals surface area contributed by atoms with Crippen LogP contribution in [0, 0.1) is 0 Å². The number of hydrogen-bond donors (Lipinski definition) is 2. The van der Waals surface area contributed by atoms with Crippen LogP contribution in [-0.2, 0) is 14.8 Å². The second-order valence-corrected chi connectivity index (χ2v) is 5.70. The molecule has 0 spiro atoms. The predicted molar refractivity (Wildman–Crippen MR) is 69.2 cm³/mol. The van der Waals surface area contributed by atoms with Crippen molar-refractivity contribution in [3.8, 4) is 11.5 Å². The maximum absolute atomic E-state index is 11.8. The fourth-order valence-electron chi connectivity index (χ4n) is 1.26. The van der Waals surface area contributed by atoms with Gasteiger partial charge in [0.25, 0.3) is 0 Å². The molecule has 8 heteroatoms. The number of carboxylic acids is 1. The number of aliphatic carboxylic acids is 1. The maximum Gasteiger partial charge on any atom is 0.323 e. The Morgan fingerprint density at radius 2 is 1.95 bits per heavy atom. The smallest absolute Gasteiger partial charge is 0.323 e. The van der Waals surface area contributed by atoms with Crippen LogP contribution < -0.4 is 14.2 Å². The maximum atomic E-state index is 11.8. The number of rotatable bonds is 6. The molecule has 0 aliphatic carbocycles. The van der Waals surface area contributed by atoms with Crippen molar-refractivity contribution in [2.24, 2.45) is 0 Å². The number of hydrogen-bond acceptors (Lipinski definition) is 5. The number of sulfonamides is 1. The number of ether oxygens (including phenoxy) is 2. The van der Waals surface area contributed by atoms with Gasteiger partial charge >= 0.3 is 5.97 Å². The molecule has 0 heterocycles. The molecule has 0 saturated carbocycles. The minimum absolute atomic E-state index is 0.149. The molecule has 0 saturated heterocycles. The summed E-state index contributed by atoms with van der Waals surface area (Å²) >= 11 is 0. The van der Waals surface area contributed by atoms with E-state index in [2.05, 4.69) is 4.72 Å². The van der Waals surface area contributed by atoms with E-state index in [0.717, 1.165) is 6.92 Å². The highest BCUT2D eigenvalue weighted by Gasteiger charge is 2.28. The summed E-state index contributed by atoms with van der Waals surface area (Å²) in [6, 6.07) is 4.46. The number of nitrogens with one attached hydrogen (secondary N) is 1. The molecule has 1 unspecified atom stereocenters. The highest BCUT2D eigenvalue weighted by atomic mass is 32.2. The van der Waals surface area contributed by atoms with Crippen molar-refractivity contribution in [1.29, 1.82) is 0 Å². The minimum atomic E-state index is -4.04. The molecule has 1 aromatic carbocycles. The Labute approximate surface area is 111 Å². The van der Waals surface area contributed by atoms with Gasteiger partial charge in [-0.1, -0.05) is 0 Å². The van der Waals surface area contributed by atoms with E-state index in [4.69, 9.17) is 14.6 Å². The van der Waals surface area contributed by atoms with Gasteiger partial charge < -0.3 is 14.6 Å². The second-order valence-electron chi connectivity index (χ2n) is 3.69. The van der Waals surface area contributed by atoms with Crippen LogP contribution in [-0.4, -0.2) is 39.0 Å². The van der Waals surface area contributed by atoms with Gasteiger partial charge in [0.1, 0.15) is 11.5 Å². The van der Waals surface area contributed by atoms with Gasteiger partial charge in [-0.15, -0.1) is 0 Å².